The average Bonchev–Trinajstić information content (AvgIpc) is 3.21. The molecule has 2 aliphatic rings. The number of fused-ring (bicyclic) bond motifs is 1. The summed E-state index contributed by atoms with van der Waals surface area (Å²) in [6, 6.07) is 6.10. The first-order valence-corrected chi connectivity index (χ1v) is 11.0. The quantitative estimate of drug-likeness (QED) is 0.793. The lowest BCUT2D eigenvalue weighted by molar-refractivity contribution is -0.116. The Bertz CT molecular complexity index is 1010. The highest BCUT2D eigenvalue weighted by Gasteiger charge is 2.33. The van der Waals surface area contributed by atoms with Gasteiger partial charge in [0.15, 0.2) is 5.13 Å². The van der Waals surface area contributed by atoms with Gasteiger partial charge < -0.3 is 16.0 Å². The molecule has 1 aromatic heterocycles. The normalized spacial score (nSPS) is 19.0. The predicted molar refractivity (Wildman–Crippen MR) is 115 cm³/mol. The summed E-state index contributed by atoms with van der Waals surface area (Å²) < 4.78 is 0. The van der Waals surface area contributed by atoms with Crippen molar-refractivity contribution in [2.45, 2.75) is 45.4 Å². The van der Waals surface area contributed by atoms with Gasteiger partial charge in [0.2, 0.25) is 5.91 Å². The molecule has 2 aliphatic heterocycles. The summed E-state index contributed by atoms with van der Waals surface area (Å²) in [6.07, 6.45) is 2.10. The van der Waals surface area contributed by atoms with E-state index < -0.39 is 5.91 Å². The average molecular weight is 415 g/mol. The fraction of sp³-hybridized carbons (Fsp3) is 0.350. The number of nitrogens with two attached hydrogens (primary N) is 1. The number of primary amides is 1. The first kappa shape index (κ1) is 19.0. The van der Waals surface area contributed by atoms with Crippen molar-refractivity contribution in [3.05, 3.63) is 39.2 Å². The second kappa shape index (κ2) is 7.25. The lowest BCUT2D eigenvalue weighted by atomic mass is 9.97. The number of anilines is 2. The molecule has 0 bridgehead atoms. The Balaban J connectivity index is 1.81. The zero-order valence-corrected chi connectivity index (χ0v) is 17.7. The van der Waals surface area contributed by atoms with E-state index in [1.165, 1.54) is 11.8 Å². The monoisotopic (exact) mass is 414 g/mol. The molecule has 0 radical (unpaired) electrons. The number of benzene rings is 1. The summed E-state index contributed by atoms with van der Waals surface area (Å²) in [7, 11) is 0. The Morgan fingerprint density at radius 3 is 2.86 bits per heavy atom. The Morgan fingerprint density at radius 2 is 2.18 bits per heavy atom. The predicted octanol–water partition coefficient (Wildman–Crippen LogP) is 3.87. The first-order chi connectivity index (χ1) is 13.4. The van der Waals surface area contributed by atoms with Crippen molar-refractivity contribution in [1.29, 1.82) is 0 Å². The first-order valence-electron chi connectivity index (χ1n) is 9.29. The number of carbonyl (C=O) groups excluding carboxylic acids is 2. The molecule has 4 rings (SSSR count). The van der Waals surface area contributed by atoms with Crippen LogP contribution in [0.1, 0.15) is 37.6 Å². The molecule has 146 valence electrons. The molecular formula is C20H22N4O2S2. The van der Waals surface area contributed by atoms with Gasteiger partial charge >= 0.3 is 0 Å². The molecule has 28 heavy (non-hydrogen) atoms. The molecule has 2 aromatic rings. The number of nitrogens with one attached hydrogen (secondary N) is 1. The number of amides is 2. The fourth-order valence-electron chi connectivity index (χ4n) is 3.72. The van der Waals surface area contributed by atoms with E-state index in [9.17, 15) is 9.59 Å². The molecule has 0 saturated heterocycles. The van der Waals surface area contributed by atoms with Gasteiger partial charge in [-0.05, 0) is 32.3 Å². The van der Waals surface area contributed by atoms with E-state index in [1.807, 2.05) is 26.0 Å². The molecular weight excluding hydrogens is 392 g/mol. The molecule has 0 spiro atoms. The Hall–Kier alpha value is -2.32. The number of thiazole rings is 1. The van der Waals surface area contributed by atoms with Crippen LogP contribution in [0.2, 0.25) is 0 Å². The molecule has 1 atom stereocenters. The summed E-state index contributed by atoms with van der Waals surface area (Å²) in [5.41, 5.74) is 10.3. The molecule has 8 heteroatoms. The van der Waals surface area contributed by atoms with Crippen LogP contribution in [0.5, 0.6) is 0 Å². The van der Waals surface area contributed by atoms with Crippen molar-refractivity contribution in [2.75, 3.05) is 10.2 Å². The molecule has 0 saturated carbocycles. The van der Waals surface area contributed by atoms with Gasteiger partial charge in [-0.3, -0.25) is 9.59 Å². The van der Waals surface area contributed by atoms with Gasteiger partial charge in [0.05, 0.1) is 21.7 Å². The minimum absolute atomic E-state index is 0.0443. The number of aryl methyl sites for hydroxylation is 2. The summed E-state index contributed by atoms with van der Waals surface area (Å²) in [5.74, 6) is -0.355. The van der Waals surface area contributed by atoms with Gasteiger partial charge in [0.25, 0.3) is 5.91 Å². The number of thioether (sulfide) groups is 1. The van der Waals surface area contributed by atoms with Crippen LogP contribution in [0.3, 0.4) is 0 Å². The molecule has 2 amide bonds. The summed E-state index contributed by atoms with van der Waals surface area (Å²) >= 11 is 3.09. The van der Waals surface area contributed by atoms with E-state index in [-0.39, 0.29) is 11.3 Å². The highest BCUT2D eigenvalue weighted by atomic mass is 32.2. The van der Waals surface area contributed by atoms with Crippen LogP contribution in [0.4, 0.5) is 10.8 Å². The smallest absolute Gasteiger partial charge is 0.256 e. The second-order valence-electron chi connectivity index (χ2n) is 6.88. The maximum Gasteiger partial charge on any atom is 0.256 e. The minimum Gasteiger partial charge on any atom is -0.365 e. The summed E-state index contributed by atoms with van der Waals surface area (Å²) in [5, 5.41) is 3.93. The Labute approximate surface area is 172 Å². The zero-order valence-electron chi connectivity index (χ0n) is 16.0. The molecule has 0 fully saturated rings. The number of rotatable bonds is 4. The molecule has 3 heterocycles. The lowest BCUT2D eigenvalue weighted by Crippen LogP contribution is -2.24. The second-order valence-corrected chi connectivity index (χ2v) is 9.26. The third-order valence-corrected chi connectivity index (χ3v) is 7.55. The Morgan fingerprint density at radius 1 is 1.39 bits per heavy atom. The number of hydrogen-bond acceptors (Lipinski definition) is 6. The molecule has 1 unspecified atom stereocenters. The van der Waals surface area contributed by atoms with Gasteiger partial charge in [-0.1, -0.05) is 36.9 Å². The fourth-order valence-corrected chi connectivity index (χ4v) is 6.03. The van der Waals surface area contributed by atoms with Crippen molar-refractivity contribution in [3.8, 4) is 11.3 Å². The van der Waals surface area contributed by atoms with Crippen LogP contribution in [0.15, 0.2) is 28.8 Å². The van der Waals surface area contributed by atoms with Crippen LogP contribution < -0.4 is 16.0 Å². The van der Waals surface area contributed by atoms with Crippen molar-refractivity contribution < 1.29 is 9.59 Å². The van der Waals surface area contributed by atoms with Gasteiger partial charge in [0, 0.05) is 22.6 Å². The maximum absolute atomic E-state index is 12.0. The number of aromatic nitrogens is 1. The van der Waals surface area contributed by atoms with Crippen molar-refractivity contribution in [2.24, 2.45) is 5.73 Å². The summed E-state index contributed by atoms with van der Waals surface area (Å²) in [6.45, 7) is 6.06. The van der Waals surface area contributed by atoms with Crippen LogP contribution >= 0.6 is 23.1 Å². The van der Waals surface area contributed by atoms with Crippen LogP contribution in [0.25, 0.3) is 11.3 Å². The van der Waals surface area contributed by atoms with Crippen molar-refractivity contribution in [3.63, 3.8) is 0 Å². The number of allylic oxidation sites excluding steroid dienone is 1. The molecule has 0 aliphatic carbocycles. The zero-order chi connectivity index (χ0) is 20.0. The highest BCUT2D eigenvalue weighted by molar-refractivity contribution is 8.05. The van der Waals surface area contributed by atoms with Crippen LogP contribution in [0, 0.1) is 0 Å². The number of nitrogens with zero attached hydrogens (tertiary/aromatic N) is 2. The van der Waals surface area contributed by atoms with Crippen molar-refractivity contribution >= 4 is 45.7 Å². The minimum atomic E-state index is -0.399. The van der Waals surface area contributed by atoms with E-state index in [1.54, 1.807) is 11.3 Å². The molecule has 1 aromatic carbocycles. The van der Waals surface area contributed by atoms with Gasteiger partial charge in [0.1, 0.15) is 0 Å². The summed E-state index contributed by atoms with van der Waals surface area (Å²) in [4.78, 5) is 32.5. The van der Waals surface area contributed by atoms with E-state index in [2.05, 4.69) is 23.2 Å². The van der Waals surface area contributed by atoms with Crippen molar-refractivity contribution in [1.82, 2.24) is 4.98 Å². The highest BCUT2D eigenvalue weighted by Crippen LogP contribution is 2.45. The number of para-hydroxylation sites is 1. The topological polar surface area (TPSA) is 88.3 Å². The standard InChI is InChI=1S/C20H22N4O2S2/c1-4-14-17(13-7-5-6-12-8-9-15(25)22-16(12)13)23-20(28-14)24-10(2)18(19(21)26)27-11(24)3/h5-7,11H,4,8-9H2,1-3H3,(H2,21,26)(H,22,25). The Kier molecular flexibility index (Phi) is 4.93. The van der Waals surface area contributed by atoms with Gasteiger partial charge in [-0.15, -0.1) is 11.3 Å². The molecule has 3 N–H and O–H groups in total. The van der Waals surface area contributed by atoms with E-state index in [4.69, 9.17) is 10.7 Å². The maximum atomic E-state index is 12.0. The van der Waals surface area contributed by atoms with Gasteiger partial charge in [-0.25, -0.2) is 4.98 Å². The van der Waals surface area contributed by atoms with Crippen LogP contribution in [-0.2, 0) is 22.4 Å². The van der Waals surface area contributed by atoms with E-state index >= 15 is 0 Å². The van der Waals surface area contributed by atoms with Gasteiger partial charge in [-0.2, -0.15) is 0 Å². The third-order valence-electron chi connectivity index (χ3n) is 5.07. The number of carbonyl (C=O) groups is 2. The van der Waals surface area contributed by atoms with Crippen LogP contribution in [-0.4, -0.2) is 22.2 Å². The third kappa shape index (κ3) is 3.10. The number of hydrogen-bond donors (Lipinski definition) is 2. The lowest BCUT2D eigenvalue weighted by Gasteiger charge is -2.21. The molecule has 6 nitrogen and oxygen atoms in total. The SMILES string of the molecule is CCc1sc(N2C(C)=C(C(N)=O)SC2C)nc1-c1cccc2c1NC(=O)CC2. The van der Waals surface area contributed by atoms with E-state index in [0.717, 1.165) is 51.1 Å². The van der Waals surface area contributed by atoms with E-state index in [0.29, 0.717) is 11.3 Å². The largest absolute Gasteiger partial charge is 0.365 e.